The van der Waals surface area contributed by atoms with E-state index in [1.165, 1.54) is 31.7 Å². The predicted octanol–water partition coefficient (Wildman–Crippen LogP) is 8.40. The maximum atomic E-state index is 15.7. The predicted molar refractivity (Wildman–Crippen MR) is 169 cm³/mol. The largest absolute Gasteiger partial charge is 0.497 e. The minimum Gasteiger partial charge on any atom is -0.497 e. The smallest absolute Gasteiger partial charge is 0.269 e. The van der Waals surface area contributed by atoms with Crippen LogP contribution >= 0.6 is 34.5 Å². The molecule has 7 nitrogen and oxygen atoms in total. The highest BCUT2D eigenvalue weighted by molar-refractivity contribution is 7.93. The number of methoxy groups -OCH3 is 2. The van der Waals surface area contributed by atoms with Crippen molar-refractivity contribution in [2.75, 3.05) is 25.1 Å². The first-order valence-corrected chi connectivity index (χ1v) is 16.6. The van der Waals surface area contributed by atoms with Crippen molar-refractivity contribution in [2.45, 2.75) is 30.7 Å². The van der Waals surface area contributed by atoms with Crippen LogP contribution in [0.25, 0.3) is 5.57 Å². The van der Waals surface area contributed by atoms with Gasteiger partial charge in [-0.2, -0.15) is 0 Å². The number of rotatable bonds is 11. The van der Waals surface area contributed by atoms with E-state index in [4.69, 9.17) is 37.4 Å². The fourth-order valence-electron chi connectivity index (χ4n) is 4.99. The van der Waals surface area contributed by atoms with Gasteiger partial charge < -0.3 is 14.2 Å². The molecular formula is C31H28Cl2F2N2O5S2. The first-order chi connectivity index (χ1) is 21.1. The highest BCUT2D eigenvalue weighted by Gasteiger charge is 2.32. The number of hydrogen-bond donors (Lipinski definition) is 0. The van der Waals surface area contributed by atoms with E-state index in [1.54, 1.807) is 30.3 Å². The molecule has 0 fully saturated rings. The third-order valence-electron chi connectivity index (χ3n) is 7.22. The minimum atomic E-state index is -4.55. The molecule has 0 aliphatic heterocycles. The van der Waals surface area contributed by atoms with E-state index in [-0.39, 0.29) is 45.9 Å². The summed E-state index contributed by atoms with van der Waals surface area (Å²) >= 11 is 13.5. The molecule has 1 aliphatic carbocycles. The lowest BCUT2D eigenvalue weighted by Crippen LogP contribution is -2.31. The van der Waals surface area contributed by atoms with Crippen molar-refractivity contribution in [3.05, 3.63) is 99.0 Å². The zero-order chi connectivity index (χ0) is 31.4. The summed E-state index contributed by atoms with van der Waals surface area (Å²) in [5.41, 5.74) is 2.38. The number of nitrogens with zero attached hydrogens (tertiary/aromatic N) is 2. The average molecular weight is 682 g/mol. The molecule has 0 saturated heterocycles. The van der Waals surface area contributed by atoms with E-state index in [2.05, 4.69) is 11.1 Å². The number of hydrogen-bond acceptors (Lipinski definition) is 7. The first-order valence-electron chi connectivity index (χ1n) is 13.5. The first kappa shape index (κ1) is 32.0. The summed E-state index contributed by atoms with van der Waals surface area (Å²) < 4.78 is 74.7. The van der Waals surface area contributed by atoms with Gasteiger partial charge in [0, 0.05) is 29.0 Å². The number of allylic oxidation sites excluding steroid dienone is 1. The summed E-state index contributed by atoms with van der Waals surface area (Å²) in [6.45, 7) is -0.0652. The summed E-state index contributed by atoms with van der Waals surface area (Å²) in [5.74, 6) is -0.522. The highest BCUT2D eigenvalue weighted by Crippen LogP contribution is 2.38. The van der Waals surface area contributed by atoms with Crippen molar-refractivity contribution in [3.63, 3.8) is 0 Å². The van der Waals surface area contributed by atoms with E-state index in [1.807, 2.05) is 0 Å². The maximum absolute atomic E-state index is 15.7. The van der Waals surface area contributed by atoms with Crippen LogP contribution in [0.3, 0.4) is 0 Å². The van der Waals surface area contributed by atoms with E-state index in [0.29, 0.717) is 17.1 Å². The average Bonchev–Trinajstić information content (AvgIpc) is 3.45. The Labute approximate surface area is 268 Å². The van der Waals surface area contributed by atoms with E-state index in [9.17, 15) is 12.8 Å². The number of benzene rings is 3. The van der Waals surface area contributed by atoms with Crippen LogP contribution in [0.2, 0.25) is 10.2 Å². The van der Waals surface area contributed by atoms with Crippen molar-refractivity contribution >= 4 is 55.3 Å². The van der Waals surface area contributed by atoms with Gasteiger partial charge in [0.2, 0.25) is 5.13 Å². The maximum Gasteiger partial charge on any atom is 0.269 e. The van der Waals surface area contributed by atoms with Crippen molar-refractivity contribution in [1.29, 1.82) is 0 Å². The number of ether oxygens (including phenoxy) is 3. The second-order valence-electron chi connectivity index (χ2n) is 9.96. The molecule has 1 aliphatic rings. The molecule has 0 amide bonds. The van der Waals surface area contributed by atoms with E-state index >= 15 is 4.39 Å². The molecule has 0 saturated carbocycles. The lowest BCUT2D eigenvalue weighted by Gasteiger charge is -2.26. The summed E-state index contributed by atoms with van der Waals surface area (Å²) in [7, 11) is -1.61. The van der Waals surface area contributed by atoms with Crippen LogP contribution in [0.1, 0.15) is 30.4 Å². The molecule has 1 heterocycles. The van der Waals surface area contributed by atoms with Gasteiger partial charge in [-0.15, -0.1) is 11.3 Å². The van der Waals surface area contributed by atoms with Crippen LogP contribution in [-0.4, -0.2) is 34.2 Å². The number of sulfonamides is 1. The van der Waals surface area contributed by atoms with E-state index < -0.39 is 20.7 Å². The van der Waals surface area contributed by atoms with Crippen LogP contribution < -0.4 is 18.5 Å². The van der Waals surface area contributed by atoms with Crippen molar-refractivity contribution in [2.24, 2.45) is 5.92 Å². The van der Waals surface area contributed by atoms with Crippen LogP contribution in [0.4, 0.5) is 13.9 Å². The number of halogens is 4. The zero-order valence-electron chi connectivity index (χ0n) is 23.7. The van der Waals surface area contributed by atoms with Crippen LogP contribution in [-0.2, 0) is 16.6 Å². The van der Waals surface area contributed by atoms with Crippen LogP contribution in [0.5, 0.6) is 17.2 Å². The van der Waals surface area contributed by atoms with Gasteiger partial charge in [-0.3, -0.25) is 0 Å². The Morgan fingerprint density at radius 1 is 1.02 bits per heavy atom. The SMILES string of the molecule is COc1ccc(CN(c2nc(Cl)cs2)S(=O)(=O)c2cc(Cl)c(OCC3CCCC=C3c3ccc(F)cc3)cc2F)c(OC)c1. The lowest BCUT2D eigenvalue weighted by atomic mass is 9.84. The molecule has 13 heteroatoms. The molecule has 1 aromatic heterocycles. The molecule has 0 N–H and O–H groups in total. The van der Waals surface area contributed by atoms with Gasteiger partial charge in [0.25, 0.3) is 10.0 Å². The molecular weight excluding hydrogens is 653 g/mol. The molecule has 232 valence electrons. The van der Waals surface area contributed by atoms with Crippen molar-refractivity contribution in [3.8, 4) is 17.2 Å². The van der Waals surface area contributed by atoms with Gasteiger partial charge >= 0.3 is 0 Å². The molecule has 5 rings (SSSR count). The van der Waals surface area contributed by atoms with Crippen LogP contribution in [0, 0.1) is 17.6 Å². The normalized spacial score (nSPS) is 15.0. The number of anilines is 1. The summed E-state index contributed by atoms with van der Waals surface area (Å²) in [5, 5.41) is 1.52. The summed E-state index contributed by atoms with van der Waals surface area (Å²) in [6.07, 6.45) is 4.73. The zero-order valence-corrected chi connectivity index (χ0v) is 26.9. The summed E-state index contributed by atoms with van der Waals surface area (Å²) in [4.78, 5) is 3.48. The Kier molecular flexibility index (Phi) is 9.99. The van der Waals surface area contributed by atoms with Gasteiger partial charge in [-0.25, -0.2) is 26.5 Å². The standard InChI is InChI=1S/C31H28Cl2F2N2O5S2/c1-40-23-12-9-20(27(13-23)41-2)16-37(31-36-30(33)18-43-31)44(38,39)29-14-25(32)28(15-26(29)35)42-17-21-5-3-4-6-24(21)19-7-10-22(34)11-8-19/h6-15,18,21H,3-5,16-17H2,1-2H3. The number of thiazole rings is 1. The minimum absolute atomic E-state index is 0.00723. The second kappa shape index (κ2) is 13.7. The Bertz CT molecular complexity index is 1780. The van der Waals surface area contributed by atoms with Gasteiger partial charge in [0.1, 0.15) is 38.9 Å². The third-order valence-corrected chi connectivity index (χ3v) is 10.6. The molecule has 1 atom stereocenters. The number of aromatic nitrogens is 1. The highest BCUT2D eigenvalue weighted by atomic mass is 35.5. The Morgan fingerprint density at radius 3 is 2.48 bits per heavy atom. The third kappa shape index (κ3) is 6.96. The molecule has 4 aromatic rings. The molecule has 1 unspecified atom stereocenters. The van der Waals surface area contributed by atoms with Crippen molar-refractivity contribution in [1.82, 2.24) is 4.98 Å². The topological polar surface area (TPSA) is 78.0 Å². The van der Waals surface area contributed by atoms with Gasteiger partial charge in [-0.05, 0) is 60.7 Å². The van der Waals surface area contributed by atoms with Crippen LogP contribution in [0.15, 0.2) is 70.9 Å². The molecule has 0 spiro atoms. The molecule has 44 heavy (non-hydrogen) atoms. The molecule has 3 aromatic carbocycles. The lowest BCUT2D eigenvalue weighted by molar-refractivity contribution is 0.267. The van der Waals surface area contributed by atoms with Gasteiger partial charge in [0.15, 0.2) is 0 Å². The van der Waals surface area contributed by atoms with Gasteiger partial charge in [-0.1, -0.05) is 41.4 Å². The van der Waals surface area contributed by atoms with E-state index in [0.717, 1.165) is 58.2 Å². The molecule has 0 bridgehead atoms. The fraction of sp³-hybridized carbons (Fsp3) is 0.258. The Hall–Kier alpha value is -3.38. The quantitative estimate of drug-likeness (QED) is 0.158. The Balaban J connectivity index is 1.42. The van der Waals surface area contributed by atoms with Crippen molar-refractivity contribution < 1.29 is 31.4 Å². The Morgan fingerprint density at radius 2 is 1.80 bits per heavy atom. The summed E-state index contributed by atoms with van der Waals surface area (Å²) in [6, 6.07) is 13.2. The van der Waals surface area contributed by atoms with Gasteiger partial charge in [0.05, 0.1) is 32.4 Å². The molecule has 0 radical (unpaired) electrons. The second-order valence-corrected chi connectivity index (χ2v) is 13.4. The fourth-order valence-corrected chi connectivity index (χ4v) is 7.92. The monoisotopic (exact) mass is 680 g/mol.